The molecule has 2 rings (SSSR count). The largest absolute Gasteiger partial charge is 0.493 e. The van der Waals surface area contributed by atoms with Gasteiger partial charge in [0.2, 0.25) is 5.91 Å². The van der Waals surface area contributed by atoms with Crippen molar-refractivity contribution >= 4 is 35.8 Å². The van der Waals surface area contributed by atoms with Gasteiger partial charge < -0.3 is 25.4 Å². The zero-order valence-electron chi connectivity index (χ0n) is 17.7. The van der Waals surface area contributed by atoms with Gasteiger partial charge in [-0.25, -0.2) is 4.99 Å². The number of methoxy groups -OCH3 is 1. The maximum Gasteiger partial charge on any atom is 0.422 e. The summed E-state index contributed by atoms with van der Waals surface area (Å²) in [6.45, 7) is 3.11. The SMILES string of the molecule is CCNC(=NCc1ccc(OCC(F)(F)F)c(OC)c1)N1CCCC(CC(N)=O)C1.I. The monoisotopic (exact) mass is 558 g/mol. The molecular weight excluding hydrogens is 528 g/mol. The Bertz CT molecular complexity index is 747. The van der Waals surface area contributed by atoms with E-state index in [1.54, 1.807) is 12.1 Å². The highest BCUT2D eigenvalue weighted by atomic mass is 127. The maximum absolute atomic E-state index is 12.4. The highest BCUT2D eigenvalue weighted by molar-refractivity contribution is 14.0. The van der Waals surface area contributed by atoms with Crippen molar-refractivity contribution in [2.45, 2.75) is 38.9 Å². The van der Waals surface area contributed by atoms with Gasteiger partial charge >= 0.3 is 6.18 Å². The number of carbonyl (C=O) groups is 1. The first-order valence-corrected chi connectivity index (χ1v) is 9.89. The average Bonchev–Trinajstić information content (AvgIpc) is 2.69. The first kappa shape index (κ1) is 27.1. The summed E-state index contributed by atoms with van der Waals surface area (Å²) in [6, 6.07) is 4.73. The summed E-state index contributed by atoms with van der Waals surface area (Å²) in [5.74, 6) is 0.869. The van der Waals surface area contributed by atoms with Crippen LogP contribution in [0.4, 0.5) is 13.2 Å². The van der Waals surface area contributed by atoms with Crippen LogP contribution in [0.25, 0.3) is 0 Å². The van der Waals surface area contributed by atoms with Gasteiger partial charge in [0.1, 0.15) is 0 Å². The highest BCUT2D eigenvalue weighted by Gasteiger charge is 2.29. The number of alkyl halides is 3. The quantitative estimate of drug-likeness (QED) is 0.291. The number of hydrogen-bond acceptors (Lipinski definition) is 4. The normalized spacial score (nSPS) is 17.0. The summed E-state index contributed by atoms with van der Waals surface area (Å²) >= 11 is 0. The van der Waals surface area contributed by atoms with E-state index in [-0.39, 0.29) is 47.3 Å². The number of nitrogens with zero attached hydrogens (tertiary/aromatic N) is 2. The van der Waals surface area contributed by atoms with Crippen molar-refractivity contribution in [2.75, 3.05) is 33.4 Å². The van der Waals surface area contributed by atoms with Crippen molar-refractivity contribution in [3.63, 3.8) is 0 Å². The van der Waals surface area contributed by atoms with E-state index in [1.807, 2.05) is 6.92 Å². The molecule has 1 unspecified atom stereocenters. The van der Waals surface area contributed by atoms with Crippen molar-refractivity contribution in [3.05, 3.63) is 23.8 Å². The van der Waals surface area contributed by atoms with Gasteiger partial charge in [-0.2, -0.15) is 13.2 Å². The molecule has 1 aromatic carbocycles. The Morgan fingerprint density at radius 3 is 2.71 bits per heavy atom. The molecule has 3 N–H and O–H groups in total. The maximum atomic E-state index is 12.4. The Balaban J connectivity index is 0.00000480. The third-order valence-corrected chi connectivity index (χ3v) is 4.67. The lowest BCUT2D eigenvalue weighted by Gasteiger charge is -2.34. The number of guanidine groups is 1. The number of aliphatic imine (C=N–C) groups is 1. The van der Waals surface area contributed by atoms with Crippen LogP contribution in [0.2, 0.25) is 0 Å². The molecule has 0 radical (unpaired) electrons. The van der Waals surface area contributed by atoms with Crippen LogP contribution in [0.3, 0.4) is 0 Å². The van der Waals surface area contributed by atoms with Crippen molar-refractivity contribution in [1.82, 2.24) is 10.2 Å². The van der Waals surface area contributed by atoms with Crippen molar-refractivity contribution in [2.24, 2.45) is 16.6 Å². The van der Waals surface area contributed by atoms with Crippen LogP contribution in [-0.4, -0.2) is 56.3 Å². The standard InChI is InChI=1S/C20H29F3N4O3.HI/c1-3-25-19(27-8-4-5-15(12-27)10-18(24)28)26-11-14-6-7-16(17(9-14)29-2)30-13-20(21,22)23;/h6-7,9,15H,3-5,8,10-13H2,1-2H3,(H2,24,28)(H,25,26);1H. The predicted molar refractivity (Wildman–Crippen MR) is 123 cm³/mol. The molecule has 1 aliphatic rings. The Labute approximate surface area is 197 Å². The van der Waals surface area contributed by atoms with Crippen LogP contribution in [-0.2, 0) is 11.3 Å². The average molecular weight is 558 g/mol. The minimum absolute atomic E-state index is 0. The highest BCUT2D eigenvalue weighted by Crippen LogP contribution is 2.30. The summed E-state index contributed by atoms with van der Waals surface area (Å²) in [4.78, 5) is 18.0. The lowest BCUT2D eigenvalue weighted by molar-refractivity contribution is -0.153. The van der Waals surface area contributed by atoms with E-state index in [4.69, 9.17) is 15.2 Å². The second-order valence-electron chi connectivity index (χ2n) is 7.18. The number of carbonyl (C=O) groups excluding carboxylic acids is 1. The van der Waals surface area contributed by atoms with Gasteiger partial charge in [-0.3, -0.25) is 4.79 Å². The molecule has 1 saturated heterocycles. The van der Waals surface area contributed by atoms with Gasteiger partial charge in [-0.15, -0.1) is 24.0 Å². The number of halogens is 4. The lowest BCUT2D eigenvalue weighted by atomic mass is 9.95. The number of benzene rings is 1. The van der Waals surface area contributed by atoms with E-state index >= 15 is 0 Å². The number of amides is 1. The van der Waals surface area contributed by atoms with E-state index in [0.29, 0.717) is 26.1 Å². The van der Waals surface area contributed by atoms with E-state index in [9.17, 15) is 18.0 Å². The Morgan fingerprint density at radius 2 is 2.10 bits per heavy atom. The van der Waals surface area contributed by atoms with Gasteiger partial charge in [0, 0.05) is 26.1 Å². The molecular formula is C20H30F3IN4O3. The van der Waals surface area contributed by atoms with Crippen molar-refractivity contribution in [1.29, 1.82) is 0 Å². The third-order valence-electron chi connectivity index (χ3n) is 4.67. The smallest absolute Gasteiger partial charge is 0.422 e. The molecule has 176 valence electrons. The molecule has 0 saturated carbocycles. The molecule has 0 bridgehead atoms. The number of hydrogen-bond donors (Lipinski definition) is 2. The van der Waals surface area contributed by atoms with Gasteiger partial charge in [-0.05, 0) is 43.4 Å². The lowest BCUT2D eigenvalue weighted by Crippen LogP contribution is -2.47. The molecule has 1 aromatic rings. The van der Waals surface area contributed by atoms with Crippen LogP contribution >= 0.6 is 24.0 Å². The molecule has 1 aliphatic heterocycles. The molecule has 1 heterocycles. The molecule has 1 fully saturated rings. The molecule has 1 amide bonds. The number of piperidine rings is 1. The van der Waals surface area contributed by atoms with E-state index in [2.05, 4.69) is 15.2 Å². The Hall–Kier alpha value is -1.92. The number of nitrogens with two attached hydrogens (primary N) is 1. The second kappa shape index (κ2) is 12.8. The first-order chi connectivity index (χ1) is 14.2. The van der Waals surface area contributed by atoms with Crippen molar-refractivity contribution < 1.29 is 27.4 Å². The van der Waals surface area contributed by atoms with Crippen LogP contribution in [0, 0.1) is 5.92 Å². The molecule has 11 heteroatoms. The molecule has 7 nitrogen and oxygen atoms in total. The summed E-state index contributed by atoms with van der Waals surface area (Å²) in [5, 5.41) is 3.25. The topological polar surface area (TPSA) is 89.2 Å². The Morgan fingerprint density at radius 1 is 1.35 bits per heavy atom. The molecule has 31 heavy (non-hydrogen) atoms. The van der Waals surface area contributed by atoms with E-state index in [1.165, 1.54) is 13.2 Å². The van der Waals surface area contributed by atoms with E-state index < -0.39 is 12.8 Å². The predicted octanol–water partition coefficient (Wildman–Crippen LogP) is 3.31. The van der Waals surface area contributed by atoms with Crippen LogP contribution in [0.1, 0.15) is 31.7 Å². The zero-order valence-corrected chi connectivity index (χ0v) is 20.0. The zero-order chi connectivity index (χ0) is 22.1. The third kappa shape index (κ3) is 9.40. The summed E-state index contributed by atoms with van der Waals surface area (Å²) in [5.41, 5.74) is 6.11. The Kier molecular flexibility index (Phi) is 11.2. The summed E-state index contributed by atoms with van der Waals surface area (Å²) in [6.07, 6.45) is -2.17. The molecule has 0 aromatic heterocycles. The van der Waals surface area contributed by atoms with Gasteiger partial charge in [0.05, 0.1) is 13.7 Å². The fraction of sp³-hybridized carbons (Fsp3) is 0.600. The first-order valence-electron chi connectivity index (χ1n) is 9.89. The number of ether oxygens (including phenoxy) is 2. The summed E-state index contributed by atoms with van der Waals surface area (Å²) in [7, 11) is 1.37. The van der Waals surface area contributed by atoms with E-state index in [0.717, 1.165) is 30.9 Å². The van der Waals surface area contributed by atoms with Gasteiger partial charge in [0.25, 0.3) is 0 Å². The molecule has 0 spiro atoms. The fourth-order valence-corrected chi connectivity index (χ4v) is 3.39. The van der Waals surface area contributed by atoms with Crippen molar-refractivity contribution in [3.8, 4) is 11.5 Å². The van der Waals surface area contributed by atoms with Crippen LogP contribution < -0.4 is 20.5 Å². The minimum atomic E-state index is -4.42. The second-order valence-corrected chi connectivity index (χ2v) is 7.18. The fourth-order valence-electron chi connectivity index (χ4n) is 3.39. The van der Waals surface area contributed by atoms with Crippen LogP contribution in [0.15, 0.2) is 23.2 Å². The number of nitrogens with one attached hydrogen (secondary N) is 1. The molecule has 1 atom stereocenters. The summed E-state index contributed by atoms with van der Waals surface area (Å²) < 4.78 is 47.1. The minimum Gasteiger partial charge on any atom is -0.493 e. The molecule has 0 aliphatic carbocycles. The number of primary amides is 1. The van der Waals surface area contributed by atoms with Crippen LogP contribution in [0.5, 0.6) is 11.5 Å². The number of likely N-dealkylation sites (tertiary alicyclic amines) is 1. The van der Waals surface area contributed by atoms with Gasteiger partial charge in [-0.1, -0.05) is 6.07 Å². The number of rotatable bonds is 8. The van der Waals surface area contributed by atoms with Gasteiger partial charge in [0.15, 0.2) is 24.1 Å².